The van der Waals surface area contributed by atoms with Crippen LogP contribution in [0, 0.1) is 0 Å². The molecule has 4 nitrogen and oxygen atoms in total. The van der Waals surface area contributed by atoms with Crippen molar-refractivity contribution in [1.29, 1.82) is 0 Å². The molecule has 0 saturated carbocycles. The van der Waals surface area contributed by atoms with Crippen LogP contribution < -0.4 is 10.1 Å². The maximum absolute atomic E-state index is 5.30. The van der Waals surface area contributed by atoms with Gasteiger partial charge in [0, 0.05) is 23.4 Å². The summed E-state index contributed by atoms with van der Waals surface area (Å²) < 4.78 is 8.47. The molecule has 102 valence electrons. The molecule has 0 aliphatic heterocycles. The number of ether oxygens (including phenoxy) is 1. The van der Waals surface area contributed by atoms with Crippen molar-refractivity contribution >= 4 is 15.9 Å². The van der Waals surface area contributed by atoms with Crippen LogP contribution in [0.4, 0.5) is 0 Å². The Labute approximate surface area is 121 Å². The smallest absolute Gasteiger partial charge is 0.130 e. The fourth-order valence-electron chi connectivity index (χ4n) is 2.14. The van der Waals surface area contributed by atoms with E-state index in [-0.39, 0.29) is 6.04 Å². The van der Waals surface area contributed by atoms with Gasteiger partial charge in [0.25, 0.3) is 0 Å². The topological polar surface area (TPSA) is 39.1 Å². The average Bonchev–Trinajstić information content (AvgIpc) is 2.90. The zero-order valence-corrected chi connectivity index (χ0v) is 12.9. The predicted molar refractivity (Wildman–Crippen MR) is 79.5 cm³/mol. The van der Waals surface area contributed by atoms with Crippen LogP contribution in [0.15, 0.2) is 35.1 Å². The molecule has 0 spiro atoms. The van der Waals surface area contributed by atoms with Crippen molar-refractivity contribution in [2.24, 2.45) is 0 Å². The van der Waals surface area contributed by atoms with E-state index < -0.39 is 0 Å². The van der Waals surface area contributed by atoms with Crippen molar-refractivity contribution in [2.75, 3.05) is 14.2 Å². The Balaban J connectivity index is 2.47. The predicted octanol–water partition coefficient (Wildman–Crippen LogP) is 2.98. The molecule has 0 aliphatic carbocycles. The van der Waals surface area contributed by atoms with E-state index in [1.54, 1.807) is 7.11 Å². The van der Waals surface area contributed by atoms with Gasteiger partial charge in [0.15, 0.2) is 0 Å². The third-order valence-corrected chi connectivity index (χ3v) is 3.87. The Morgan fingerprint density at radius 3 is 2.89 bits per heavy atom. The second-order valence-corrected chi connectivity index (χ2v) is 5.03. The number of nitrogens with one attached hydrogen (secondary N) is 1. The lowest BCUT2D eigenvalue weighted by molar-refractivity contribution is 0.413. The van der Waals surface area contributed by atoms with Crippen molar-refractivity contribution in [3.63, 3.8) is 0 Å². The van der Waals surface area contributed by atoms with Gasteiger partial charge in [-0.3, -0.25) is 0 Å². The summed E-state index contributed by atoms with van der Waals surface area (Å²) in [6.45, 7) is 3.01. The van der Waals surface area contributed by atoms with E-state index in [4.69, 9.17) is 4.74 Å². The molecule has 0 amide bonds. The van der Waals surface area contributed by atoms with Gasteiger partial charge in [-0.05, 0) is 37.7 Å². The zero-order valence-electron chi connectivity index (χ0n) is 11.4. The lowest BCUT2D eigenvalue weighted by atomic mass is 10.1. The third-order valence-electron chi connectivity index (χ3n) is 3.15. The monoisotopic (exact) mass is 323 g/mol. The molecule has 0 radical (unpaired) electrons. The minimum absolute atomic E-state index is 0.0272. The molecule has 0 bridgehead atoms. The number of benzene rings is 1. The first kappa shape index (κ1) is 14.1. The molecule has 19 heavy (non-hydrogen) atoms. The molecule has 2 rings (SSSR count). The average molecular weight is 324 g/mol. The highest BCUT2D eigenvalue weighted by atomic mass is 79.9. The largest absolute Gasteiger partial charge is 0.497 e. The SMILES string of the molecule is CCn1ccnc1C(NC)c1cc(OC)ccc1Br. The van der Waals surface area contributed by atoms with E-state index in [9.17, 15) is 0 Å². The quantitative estimate of drug-likeness (QED) is 0.919. The molecule has 1 aromatic carbocycles. The van der Waals surface area contributed by atoms with Gasteiger partial charge >= 0.3 is 0 Å². The summed E-state index contributed by atoms with van der Waals surface area (Å²) in [6.07, 6.45) is 3.82. The summed E-state index contributed by atoms with van der Waals surface area (Å²) in [7, 11) is 3.61. The normalized spacial score (nSPS) is 12.4. The first-order chi connectivity index (χ1) is 9.21. The van der Waals surface area contributed by atoms with Gasteiger partial charge in [-0.1, -0.05) is 15.9 Å². The third kappa shape index (κ3) is 2.82. The van der Waals surface area contributed by atoms with E-state index in [1.807, 2.05) is 37.6 Å². The van der Waals surface area contributed by atoms with Crippen LogP contribution in [0.25, 0.3) is 0 Å². The van der Waals surface area contributed by atoms with E-state index >= 15 is 0 Å². The zero-order chi connectivity index (χ0) is 13.8. The van der Waals surface area contributed by atoms with E-state index in [0.717, 1.165) is 28.2 Å². The van der Waals surface area contributed by atoms with Crippen molar-refractivity contribution in [1.82, 2.24) is 14.9 Å². The first-order valence-electron chi connectivity index (χ1n) is 6.23. The second kappa shape index (κ2) is 6.21. The van der Waals surface area contributed by atoms with Gasteiger partial charge in [0.05, 0.1) is 13.2 Å². The van der Waals surface area contributed by atoms with Crippen LogP contribution in [0.3, 0.4) is 0 Å². The number of halogens is 1. The number of hydrogen-bond donors (Lipinski definition) is 1. The Bertz CT molecular complexity index is 553. The molecule has 0 aliphatic rings. The molecule has 1 heterocycles. The maximum Gasteiger partial charge on any atom is 0.130 e. The molecular weight excluding hydrogens is 306 g/mol. The number of methoxy groups -OCH3 is 1. The van der Waals surface area contributed by atoms with E-state index in [2.05, 4.69) is 37.7 Å². The van der Waals surface area contributed by atoms with E-state index in [1.165, 1.54) is 0 Å². The maximum atomic E-state index is 5.30. The number of hydrogen-bond acceptors (Lipinski definition) is 3. The van der Waals surface area contributed by atoms with Crippen LogP contribution in [0.2, 0.25) is 0 Å². The lowest BCUT2D eigenvalue weighted by Gasteiger charge is -2.19. The number of rotatable bonds is 5. The van der Waals surface area contributed by atoms with Crippen LogP contribution in [-0.2, 0) is 6.54 Å². The Hall–Kier alpha value is -1.33. The Morgan fingerprint density at radius 1 is 1.47 bits per heavy atom. The van der Waals surface area contributed by atoms with Crippen LogP contribution in [0.1, 0.15) is 24.4 Å². The molecule has 1 atom stereocenters. The molecule has 0 saturated heterocycles. The summed E-state index contributed by atoms with van der Waals surface area (Å²) >= 11 is 3.60. The fraction of sp³-hybridized carbons (Fsp3) is 0.357. The van der Waals surface area contributed by atoms with Gasteiger partial charge < -0.3 is 14.6 Å². The number of imidazole rings is 1. The van der Waals surface area contributed by atoms with Gasteiger partial charge in [-0.25, -0.2) is 4.98 Å². The van der Waals surface area contributed by atoms with Crippen molar-refractivity contribution in [3.8, 4) is 5.75 Å². The van der Waals surface area contributed by atoms with Crippen molar-refractivity contribution in [2.45, 2.75) is 19.5 Å². The van der Waals surface area contributed by atoms with Crippen molar-refractivity contribution in [3.05, 3.63) is 46.5 Å². The Morgan fingerprint density at radius 2 is 2.26 bits per heavy atom. The molecule has 1 aromatic heterocycles. The standard InChI is InChI=1S/C14H18BrN3O/c1-4-18-8-7-17-14(18)13(16-2)11-9-10(19-3)5-6-12(11)15/h5-9,13,16H,4H2,1-3H3. The molecular formula is C14H18BrN3O. The number of aryl methyl sites for hydroxylation is 1. The van der Waals surface area contributed by atoms with Crippen molar-refractivity contribution < 1.29 is 4.74 Å². The lowest BCUT2D eigenvalue weighted by Crippen LogP contribution is -2.22. The van der Waals surface area contributed by atoms with Gasteiger partial charge in [-0.2, -0.15) is 0 Å². The minimum atomic E-state index is 0.0272. The minimum Gasteiger partial charge on any atom is -0.497 e. The summed E-state index contributed by atoms with van der Waals surface area (Å²) in [6, 6.07) is 5.99. The molecule has 0 fully saturated rings. The summed E-state index contributed by atoms with van der Waals surface area (Å²) in [5.41, 5.74) is 1.11. The highest BCUT2D eigenvalue weighted by Gasteiger charge is 2.20. The summed E-state index contributed by atoms with van der Waals surface area (Å²) in [4.78, 5) is 4.47. The Kier molecular flexibility index (Phi) is 4.61. The first-order valence-corrected chi connectivity index (χ1v) is 7.02. The number of nitrogens with zero attached hydrogens (tertiary/aromatic N) is 2. The van der Waals surface area contributed by atoms with Gasteiger partial charge in [0.2, 0.25) is 0 Å². The number of aromatic nitrogens is 2. The molecule has 1 N–H and O–H groups in total. The second-order valence-electron chi connectivity index (χ2n) is 4.18. The fourth-order valence-corrected chi connectivity index (χ4v) is 2.62. The summed E-state index contributed by atoms with van der Waals surface area (Å²) in [5.74, 6) is 1.84. The molecule has 5 heteroatoms. The van der Waals surface area contributed by atoms with E-state index in [0.29, 0.717) is 0 Å². The van der Waals surface area contributed by atoms with Gasteiger partial charge in [-0.15, -0.1) is 0 Å². The van der Waals surface area contributed by atoms with Crippen LogP contribution in [-0.4, -0.2) is 23.7 Å². The highest BCUT2D eigenvalue weighted by molar-refractivity contribution is 9.10. The summed E-state index contributed by atoms with van der Waals surface area (Å²) in [5, 5.41) is 3.32. The van der Waals surface area contributed by atoms with Gasteiger partial charge in [0.1, 0.15) is 11.6 Å². The molecule has 2 aromatic rings. The van der Waals surface area contributed by atoms with Crippen LogP contribution >= 0.6 is 15.9 Å². The highest BCUT2D eigenvalue weighted by Crippen LogP contribution is 2.30. The molecule has 1 unspecified atom stereocenters. The van der Waals surface area contributed by atoms with Crippen LogP contribution in [0.5, 0.6) is 5.75 Å².